The van der Waals surface area contributed by atoms with E-state index in [2.05, 4.69) is 5.16 Å². The van der Waals surface area contributed by atoms with Crippen molar-refractivity contribution < 1.29 is 9.94 Å². The fourth-order valence-corrected chi connectivity index (χ4v) is 1.49. The molecule has 0 atom stereocenters. The number of amidine groups is 1. The average Bonchev–Trinajstić information content (AvgIpc) is 2.22. The molecule has 4 nitrogen and oxygen atoms in total. The first-order valence-electron chi connectivity index (χ1n) is 4.69. The van der Waals surface area contributed by atoms with Gasteiger partial charge >= 0.3 is 0 Å². The lowest BCUT2D eigenvalue weighted by Crippen LogP contribution is -2.15. The molecule has 0 aliphatic carbocycles. The highest BCUT2D eigenvalue weighted by atomic mass is 16.5. The lowest BCUT2D eigenvalue weighted by atomic mass is 10.0. The molecule has 3 N–H and O–H groups in total. The van der Waals surface area contributed by atoms with Gasteiger partial charge in [-0.3, -0.25) is 0 Å². The first-order chi connectivity index (χ1) is 7.08. The predicted octanol–water partition coefficient (Wildman–Crippen LogP) is 1.60. The first kappa shape index (κ1) is 11.4. The van der Waals surface area contributed by atoms with Gasteiger partial charge in [-0.25, -0.2) is 0 Å². The highest BCUT2D eigenvalue weighted by molar-refractivity contribution is 5.82. The number of nitrogens with zero attached hydrogens (tertiary/aromatic N) is 1. The summed E-state index contributed by atoms with van der Waals surface area (Å²) in [5.41, 5.74) is 8.63. The Kier molecular flexibility index (Phi) is 3.55. The monoisotopic (exact) mass is 208 g/mol. The summed E-state index contributed by atoms with van der Waals surface area (Å²) in [7, 11) is 1.64. The Balaban J connectivity index is 3.05. The van der Waals surface area contributed by atoms with Crippen molar-refractivity contribution in [3.05, 3.63) is 28.8 Å². The van der Waals surface area contributed by atoms with Crippen molar-refractivity contribution in [1.82, 2.24) is 0 Å². The van der Waals surface area contributed by atoms with Gasteiger partial charge in [0, 0.05) is 6.42 Å². The molecular formula is C11H16N2O2. The van der Waals surface area contributed by atoms with E-state index in [1.165, 1.54) is 0 Å². The molecule has 1 aromatic rings. The van der Waals surface area contributed by atoms with Gasteiger partial charge in [-0.2, -0.15) is 0 Å². The Morgan fingerprint density at radius 2 is 2.07 bits per heavy atom. The minimum Gasteiger partial charge on any atom is -0.496 e. The SMILES string of the molecule is COc1cc(C)c(CC(N)=NO)cc1C. The van der Waals surface area contributed by atoms with Crippen LogP contribution in [-0.2, 0) is 6.42 Å². The van der Waals surface area contributed by atoms with Crippen molar-refractivity contribution in [3.63, 3.8) is 0 Å². The molecule has 0 aliphatic rings. The summed E-state index contributed by atoms with van der Waals surface area (Å²) in [6.07, 6.45) is 0.452. The largest absolute Gasteiger partial charge is 0.496 e. The van der Waals surface area contributed by atoms with Crippen LogP contribution in [0.5, 0.6) is 5.75 Å². The van der Waals surface area contributed by atoms with Crippen LogP contribution in [-0.4, -0.2) is 18.2 Å². The molecule has 0 saturated carbocycles. The predicted molar refractivity (Wildman–Crippen MR) is 59.6 cm³/mol. The van der Waals surface area contributed by atoms with Crippen LogP contribution >= 0.6 is 0 Å². The number of rotatable bonds is 3. The minimum absolute atomic E-state index is 0.211. The topological polar surface area (TPSA) is 67.8 Å². The van der Waals surface area contributed by atoms with Crippen LogP contribution < -0.4 is 10.5 Å². The molecular weight excluding hydrogens is 192 g/mol. The van der Waals surface area contributed by atoms with Crippen molar-refractivity contribution in [3.8, 4) is 5.75 Å². The van der Waals surface area contributed by atoms with E-state index in [1.807, 2.05) is 26.0 Å². The molecule has 0 amide bonds. The second-order valence-electron chi connectivity index (χ2n) is 3.52. The van der Waals surface area contributed by atoms with Crippen LogP contribution in [0, 0.1) is 13.8 Å². The van der Waals surface area contributed by atoms with Gasteiger partial charge in [0.25, 0.3) is 0 Å². The van der Waals surface area contributed by atoms with Gasteiger partial charge in [0.2, 0.25) is 0 Å². The summed E-state index contributed by atoms with van der Waals surface area (Å²) in [5, 5.41) is 11.5. The lowest BCUT2D eigenvalue weighted by molar-refractivity contribution is 0.317. The zero-order chi connectivity index (χ0) is 11.4. The summed E-state index contributed by atoms with van der Waals surface area (Å²) in [5.74, 6) is 1.07. The number of hydrogen-bond acceptors (Lipinski definition) is 3. The van der Waals surface area contributed by atoms with Gasteiger partial charge in [-0.15, -0.1) is 0 Å². The van der Waals surface area contributed by atoms with E-state index < -0.39 is 0 Å². The van der Waals surface area contributed by atoms with Crippen LogP contribution in [0.4, 0.5) is 0 Å². The van der Waals surface area contributed by atoms with E-state index in [0.717, 1.165) is 22.4 Å². The quantitative estimate of drug-likeness (QED) is 0.343. The molecule has 0 aliphatic heterocycles. The normalized spacial score (nSPS) is 11.5. The zero-order valence-electron chi connectivity index (χ0n) is 9.24. The van der Waals surface area contributed by atoms with E-state index >= 15 is 0 Å². The number of aryl methyl sites for hydroxylation is 2. The van der Waals surface area contributed by atoms with Crippen molar-refractivity contribution in [2.75, 3.05) is 7.11 Å². The maximum Gasteiger partial charge on any atom is 0.143 e. The third-order valence-electron chi connectivity index (χ3n) is 2.35. The molecule has 82 valence electrons. The second-order valence-corrected chi connectivity index (χ2v) is 3.52. The summed E-state index contributed by atoms with van der Waals surface area (Å²) in [6.45, 7) is 3.94. The Bertz CT molecular complexity index is 386. The molecule has 0 saturated heterocycles. The Morgan fingerprint density at radius 1 is 1.40 bits per heavy atom. The van der Waals surface area contributed by atoms with Crippen molar-refractivity contribution in [2.45, 2.75) is 20.3 Å². The summed E-state index contributed by atoms with van der Waals surface area (Å²) < 4.78 is 5.20. The van der Waals surface area contributed by atoms with Gasteiger partial charge in [-0.1, -0.05) is 11.2 Å². The molecule has 15 heavy (non-hydrogen) atoms. The smallest absolute Gasteiger partial charge is 0.143 e. The standard InChI is InChI=1S/C11H16N2O2/c1-7-5-10(15-3)8(2)4-9(7)6-11(12)13-14/h4-5,14H,6H2,1-3H3,(H2,12,13). The lowest BCUT2D eigenvalue weighted by Gasteiger charge is -2.10. The second kappa shape index (κ2) is 4.68. The molecule has 4 heteroatoms. The number of nitrogens with two attached hydrogens (primary N) is 1. The maximum absolute atomic E-state index is 8.50. The maximum atomic E-state index is 8.50. The van der Waals surface area contributed by atoms with Crippen molar-refractivity contribution >= 4 is 5.84 Å². The number of oxime groups is 1. The molecule has 0 aromatic heterocycles. The summed E-state index contributed by atoms with van der Waals surface area (Å²) in [4.78, 5) is 0. The van der Waals surface area contributed by atoms with E-state index in [1.54, 1.807) is 7.11 Å². The molecule has 0 unspecified atom stereocenters. The van der Waals surface area contributed by atoms with Crippen molar-refractivity contribution in [2.24, 2.45) is 10.9 Å². The highest BCUT2D eigenvalue weighted by Crippen LogP contribution is 2.22. The van der Waals surface area contributed by atoms with E-state index in [9.17, 15) is 0 Å². The first-order valence-corrected chi connectivity index (χ1v) is 4.69. The van der Waals surface area contributed by atoms with Gasteiger partial charge in [0.1, 0.15) is 11.6 Å². The summed E-state index contributed by atoms with van der Waals surface area (Å²) >= 11 is 0. The van der Waals surface area contributed by atoms with E-state index in [-0.39, 0.29) is 5.84 Å². The minimum atomic E-state index is 0.211. The molecule has 1 rings (SSSR count). The Labute approximate surface area is 89.4 Å². The third kappa shape index (κ3) is 2.62. The van der Waals surface area contributed by atoms with Crippen LogP contribution in [0.2, 0.25) is 0 Å². The van der Waals surface area contributed by atoms with Crippen LogP contribution in [0.1, 0.15) is 16.7 Å². The Morgan fingerprint density at radius 3 is 2.60 bits per heavy atom. The van der Waals surface area contributed by atoms with Gasteiger partial charge in [0.15, 0.2) is 0 Å². The molecule has 0 spiro atoms. The fraction of sp³-hybridized carbons (Fsp3) is 0.364. The van der Waals surface area contributed by atoms with Gasteiger partial charge in [-0.05, 0) is 36.6 Å². The highest BCUT2D eigenvalue weighted by Gasteiger charge is 2.06. The number of ether oxygens (including phenoxy) is 1. The average molecular weight is 208 g/mol. The molecule has 0 heterocycles. The number of benzene rings is 1. The van der Waals surface area contributed by atoms with E-state index in [4.69, 9.17) is 15.7 Å². The zero-order valence-corrected chi connectivity index (χ0v) is 9.24. The third-order valence-corrected chi connectivity index (χ3v) is 2.35. The molecule has 1 aromatic carbocycles. The van der Waals surface area contributed by atoms with Crippen LogP contribution in [0.3, 0.4) is 0 Å². The van der Waals surface area contributed by atoms with Crippen molar-refractivity contribution in [1.29, 1.82) is 0 Å². The van der Waals surface area contributed by atoms with Gasteiger partial charge < -0.3 is 15.7 Å². The van der Waals surface area contributed by atoms with Gasteiger partial charge in [0.05, 0.1) is 7.11 Å². The number of methoxy groups -OCH3 is 1. The van der Waals surface area contributed by atoms with Crippen LogP contribution in [0.15, 0.2) is 17.3 Å². The number of hydrogen-bond donors (Lipinski definition) is 2. The molecule has 0 bridgehead atoms. The molecule has 0 radical (unpaired) electrons. The molecule has 0 fully saturated rings. The fourth-order valence-electron chi connectivity index (χ4n) is 1.49. The van der Waals surface area contributed by atoms with Crippen LogP contribution in [0.25, 0.3) is 0 Å². The summed E-state index contributed by atoms with van der Waals surface area (Å²) in [6, 6.07) is 3.95. The Hall–Kier alpha value is -1.71. The van der Waals surface area contributed by atoms with E-state index in [0.29, 0.717) is 6.42 Å².